The highest BCUT2D eigenvalue weighted by molar-refractivity contribution is 9.10. The Kier molecular flexibility index (Phi) is 4.67. The number of halogens is 1. The Balaban J connectivity index is 1.71. The Morgan fingerprint density at radius 3 is 3.12 bits per heavy atom. The fourth-order valence-electron chi connectivity index (χ4n) is 2.19. The van der Waals surface area contributed by atoms with E-state index in [4.69, 9.17) is 0 Å². The molecule has 1 unspecified atom stereocenters. The van der Waals surface area contributed by atoms with Gasteiger partial charge in [0.2, 0.25) is 0 Å². The normalized spacial score (nSPS) is 20.7. The van der Waals surface area contributed by atoms with Crippen LogP contribution in [0, 0.1) is 5.92 Å². The highest BCUT2D eigenvalue weighted by atomic mass is 79.9. The summed E-state index contributed by atoms with van der Waals surface area (Å²) in [4.78, 5) is 0. The van der Waals surface area contributed by atoms with Crippen molar-refractivity contribution in [2.45, 2.75) is 19.3 Å². The van der Waals surface area contributed by atoms with Crippen LogP contribution in [0.1, 0.15) is 19.3 Å². The molecule has 0 bridgehead atoms. The van der Waals surface area contributed by atoms with Crippen LogP contribution in [0.25, 0.3) is 0 Å². The van der Waals surface area contributed by atoms with Gasteiger partial charge in [-0.05, 0) is 56.5 Å². The first-order chi connectivity index (χ1) is 7.84. The molecule has 0 radical (unpaired) electrons. The van der Waals surface area contributed by atoms with Crippen LogP contribution in [0.15, 0.2) is 28.7 Å². The largest absolute Gasteiger partial charge is 0.385 e. The van der Waals surface area contributed by atoms with Crippen LogP contribution in [0.2, 0.25) is 0 Å². The second kappa shape index (κ2) is 6.26. The van der Waals surface area contributed by atoms with Crippen molar-refractivity contribution in [1.82, 2.24) is 5.32 Å². The Bertz CT molecular complexity index is 321. The topological polar surface area (TPSA) is 24.1 Å². The second-order valence-electron chi connectivity index (χ2n) is 4.44. The molecule has 1 atom stereocenters. The van der Waals surface area contributed by atoms with Crippen LogP contribution < -0.4 is 10.6 Å². The quantitative estimate of drug-likeness (QED) is 0.886. The maximum absolute atomic E-state index is 3.48. The molecule has 0 aromatic heterocycles. The first-order valence-corrected chi connectivity index (χ1v) is 6.84. The molecule has 0 amide bonds. The third kappa shape index (κ3) is 3.80. The molecule has 1 aliphatic rings. The van der Waals surface area contributed by atoms with Crippen LogP contribution >= 0.6 is 15.9 Å². The Morgan fingerprint density at radius 1 is 1.44 bits per heavy atom. The first kappa shape index (κ1) is 11.9. The maximum atomic E-state index is 3.48. The summed E-state index contributed by atoms with van der Waals surface area (Å²) in [6.45, 7) is 3.47. The monoisotopic (exact) mass is 282 g/mol. The molecule has 2 nitrogen and oxygen atoms in total. The minimum atomic E-state index is 0.855. The van der Waals surface area contributed by atoms with E-state index in [1.165, 1.54) is 38.0 Å². The summed E-state index contributed by atoms with van der Waals surface area (Å²) in [5.41, 5.74) is 1.21. The third-order valence-corrected chi connectivity index (χ3v) is 3.60. The molecule has 0 spiro atoms. The van der Waals surface area contributed by atoms with Gasteiger partial charge >= 0.3 is 0 Å². The molecule has 1 heterocycles. The molecule has 1 aromatic carbocycles. The van der Waals surface area contributed by atoms with Gasteiger partial charge in [0.05, 0.1) is 0 Å². The van der Waals surface area contributed by atoms with Crippen LogP contribution in [0.3, 0.4) is 0 Å². The highest BCUT2D eigenvalue weighted by Gasteiger charge is 2.11. The van der Waals surface area contributed by atoms with Crippen molar-refractivity contribution in [2.24, 2.45) is 5.92 Å². The van der Waals surface area contributed by atoms with Gasteiger partial charge in [-0.2, -0.15) is 0 Å². The average molecular weight is 283 g/mol. The van der Waals surface area contributed by atoms with Gasteiger partial charge < -0.3 is 10.6 Å². The molecule has 2 N–H and O–H groups in total. The lowest BCUT2D eigenvalue weighted by molar-refractivity contribution is 0.364. The van der Waals surface area contributed by atoms with Gasteiger partial charge in [-0.15, -0.1) is 0 Å². The van der Waals surface area contributed by atoms with Crippen LogP contribution in [-0.2, 0) is 0 Å². The molecule has 0 saturated carbocycles. The van der Waals surface area contributed by atoms with E-state index in [9.17, 15) is 0 Å². The number of anilines is 1. The standard InChI is InChI=1S/C13H19BrN2/c14-12-4-1-5-13(9-12)16-8-6-11-3-2-7-15-10-11/h1,4-5,9,11,15-16H,2-3,6-8,10H2. The molecule has 1 fully saturated rings. The van der Waals surface area contributed by atoms with Gasteiger partial charge in [-0.3, -0.25) is 0 Å². The molecule has 1 saturated heterocycles. The molecule has 1 aliphatic heterocycles. The van der Waals surface area contributed by atoms with Crippen molar-refractivity contribution >= 4 is 21.6 Å². The molecular weight excluding hydrogens is 264 g/mol. The predicted octanol–water partition coefficient (Wildman–Crippen LogP) is 3.25. The highest BCUT2D eigenvalue weighted by Crippen LogP contribution is 2.17. The zero-order chi connectivity index (χ0) is 11.2. The first-order valence-electron chi connectivity index (χ1n) is 6.05. The van der Waals surface area contributed by atoms with Gasteiger partial charge in [0.25, 0.3) is 0 Å². The Hall–Kier alpha value is -0.540. The minimum absolute atomic E-state index is 0.855. The Labute approximate surface area is 106 Å². The van der Waals surface area contributed by atoms with Gasteiger partial charge in [0.15, 0.2) is 0 Å². The van der Waals surface area contributed by atoms with E-state index in [0.29, 0.717) is 0 Å². The van der Waals surface area contributed by atoms with Crippen molar-refractivity contribution in [2.75, 3.05) is 25.0 Å². The molecular formula is C13H19BrN2. The van der Waals surface area contributed by atoms with E-state index < -0.39 is 0 Å². The fraction of sp³-hybridized carbons (Fsp3) is 0.538. The number of benzene rings is 1. The van der Waals surface area contributed by atoms with E-state index >= 15 is 0 Å². The maximum Gasteiger partial charge on any atom is 0.0351 e. The number of hydrogen-bond acceptors (Lipinski definition) is 2. The summed E-state index contributed by atoms with van der Waals surface area (Å²) in [7, 11) is 0. The van der Waals surface area contributed by atoms with E-state index in [1.807, 2.05) is 0 Å². The lowest BCUT2D eigenvalue weighted by Gasteiger charge is -2.22. The third-order valence-electron chi connectivity index (χ3n) is 3.11. The predicted molar refractivity (Wildman–Crippen MR) is 72.8 cm³/mol. The summed E-state index contributed by atoms with van der Waals surface area (Å²) in [5.74, 6) is 0.855. The van der Waals surface area contributed by atoms with Crippen LogP contribution in [0.4, 0.5) is 5.69 Å². The van der Waals surface area contributed by atoms with Crippen LogP contribution in [0.5, 0.6) is 0 Å². The van der Waals surface area contributed by atoms with Gasteiger partial charge in [0, 0.05) is 16.7 Å². The summed E-state index contributed by atoms with van der Waals surface area (Å²) >= 11 is 3.48. The van der Waals surface area contributed by atoms with Crippen molar-refractivity contribution in [3.63, 3.8) is 0 Å². The number of piperidine rings is 1. The molecule has 0 aliphatic carbocycles. The smallest absolute Gasteiger partial charge is 0.0351 e. The summed E-state index contributed by atoms with van der Waals surface area (Å²) < 4.78 is 1.14. The van der Waals surface area contributed by atoms with E-state index in [-0.39, 0.29) is 0 Å². The number of hydrogen-bond donors (Lipinski definition) is 2. The molecule has 2 rings (SSSR count). The molecule has 88 valence electrons. The zero-order valence-corrected chi connectivity index (χ0v) is 11.1. The lowest BCUT2D eigenvalue weighted by Crippen LogP contribution is -2.30. The van der Waals surface area contributed by atoms with Crippen LogP contribution in [-0.4, -0.2) is 19.6 Å². The lowest BCUT2D eigenvalue weighted by atomic mass is 9.96. The summed E-state index contributed by atoms with van der Waals surface area (Å²) in [6, 6.07) is 8.35. The molecule has 16 heavy (non-hydrogen) atoms. The van der Waals surface area contributed by atoms with E-state index in [1.54, 1.807) is 0 Å². The SMILES string of the molecule is Brc1cccc(NCCC2CCCNC2)c1. The number of rotatable bonds is 4. The average Bonchev–Trinajstić information content (AvgIpc) is 2.30. The minimum Gasteiger partial charge on any atom is -0.385 e. The molecule has 1 aromatic rings. The van der Waals surface area contributed by atoms with Gasteiger partial charge in [0.1, 0.15) is 0 Å². The molecule has 3 heteroatoms. The fourth-order valence-corrected chi connectivity index (χ4v) is 2.59. The van der Waals surface area contributed by atoms with E-state index in [2.05, 4.69) is 50.8 Å². The van der Waals surface area contributed by atoms with E-state index in [0.717, 1.165) is 16.9 Å². The second-order valence-corrected chi connectivity index (χ2v) is 5.35. The van der Waals surface area contributed by atoms with Gasteiger partial charge in [-0.1, -0.05) is 22.0 Å². The van der Waals surface area contributed by atoms with Crippen molar-refractivity contribution in [1.29, 1.82) is 0 Å². The van der Waals surface area contributed by atoms with Gasteiger partial charge in [-0.25, -0.2) is 0 Å². The zero-order valence-electron chi connectivity index (χ0n) is 9.51. The van der Waals surface area contributed by atoms with Crippen molar-refractivity contribution in [3.05, 3.63) is 28.7 Å². The summed E-state index contributed by atoms with van der Waals surface area (Å²) in [6.07, 6.45) is 3.98. The summed E-state index contributed by atoms with van der Waals surface area (Å²) in [5, 5.41) is 6.93. The van der Waals surface area contributed by atoms with Crippen molar-refractivity contribution in [3.8, 4) is 0 Å². The number of nitrogens with one attached hydrogen (secondary N) is 2. The van der Waals surface area contributed by atoms with Crippen molar-refractivity contribution < 1.29 is 0 Å². The Morgan fingerprint density at radius 2 is 2.38 bits per heavy atom.